The highest BCUT2D eigenvalue weighted by Gasteiger charge is 2.33. The minimum atomic E-state index is -0.557. The van der Waals surface area contributed by atoms with Crippen LogP contribution < -0.4 is 19.6 Å². The number of fused-ring (bicyclic) bond motifs is 1. The zero-order valence-corrected chi connectivity index (χ0v) is 17.7. The first-order valence-electron chi connectivity index (χ1n) is 8.82. The number of nitrogens with zero attached hydrogens (tertiary/aromatic N) is 2. The van der Waals surface area contributed by atoms with Crippen molar-refractivity contribution in [1.29, 1.82) is 0 Å². The summed E-state index contributed by atoms with van der Waals surface area (Å²) in [5.74, 6) is 0.197. The third-order valence-electron chi connectivity index (χ3n) is 4.67. The molecular weight excluding hydrogens is 408 g/mol. The average Bonchev–Trinajstić information content (AvgIpc) is 3.36. The second kappa shape index (κ2) is 7.81. The van der Waals surface area contributed by atoms with Gasteiger partial charge in [0.1, 0.15) is 11.8 Å². The monoisotopic (exact) mass is 426 g/mol. The second-order valence-corrected chi connectivity index (χ2v) is 8.32. The van der Waals surface area contributed by atoms with E-state index in [1.165, 1.54) is 29.8 Å². The van der Waals surface area contributed by atoms with Crippen LogP contribution in [0.15, 0.2) is 62.8 Å². The van der Waals surface area contributed by atoms with E-state index >= 15 is 0 Å². The Hall–Kier alpha value is -2.97. The third-order valence-corrected chi connectivity index (χ3v) is 6.57. The Bertz CT molecular complexity index is 1280. The van der Waals surface area contributed by atoms with E-state index < -0.39 is 12.0 Å². The predicted octanol–water partition coefficient (Wildman–Crippen LogP) is 2.48. The van der Waals surface area contributed by atoms with E-state index in [4.69, 9.17) is 9.47 Å². The molecule has 0 saturated heterocycles. The number of rotatable bonds is 4. The lowest BCUT2D eigenvalue weighted by molar-refractivity contribution is -0.136. The standard InChI is InChI=1S/C21H18N2O4S2/c1-12-17(20(25)27-3)18(15-9-6-10-28-15)23-19(24)16(29-21(23)22-12)11-13-7-4-5-8-14(13)26-2/h4-11,18H,1-3H3/b16-11+/t18-/m1/s1. The van der Waals surface area contributed by atoms with Crippen LogP contribution in [0.4, 0.5) is 0 Å². The van der Waals surface area contributed by atoms with E-state index in [1.807, 2.05) is 41.8 Å². The van der Waals surface area contributed by atoms with Crippen molar-refractivity contribution in [2.45, 2.75) is 13.0 Å². The third kappa shape index (κ3) is 3.34. The van der Waals surface area contributed by atoms with Gasteiger partial charge < -0.3 is 9.47 Å². The van der Waals surface area contributed by atoms with Gasteiger partial charge in [-0.25, -0.2) is 9.79 Å². The number of carbonyl (C=O) groups excluding carboxylic acids is 1. The summed E-state index contributed by atoms with van der Waals surface area (Å²) in [5, 5.41) is 1.92. The van der Waals surface area contributed by atoms with Gasteiger partial charge in [0.05, 0.1) is 30.0 Å². The molecule has 8 heteroatoms. The van der Waals surface area contributed by atoms with Crippen LogP contribution in [0.25, 0.3) is 6.08 Å². The predicted molar refractivity (Wildman–Crippen MR) is 113 cm³/mol. The number of hydrogen-bond acceptors (Lipinski definition) is 7. The number of hydrogen-bond donors (Lipinski definition) is 0. The number of thiophene rings is 1. The van der Waals surface area contributed by atoms with E-state index in [1.54, 1.807) is 24.7 Å². The Balaban J connectivity index is 1.98. The Labute approximate surface area is 174 Å². The number of ether oxygens (including phenoxy) is 2. The largest absolute Gasteiger partial charge is 0.496 e. The summed E-state index contributed by atoms with van der Waals surface area (Å²) < 4.78 is 12.5. The maximum absolute atomic E-state index is 13.4. The van der Waals surface area contributed by atoms with Crippen molar-refractivity contribution < 1.29 is 14.3 Å². The molecule has 6 nitrogen and oxygen atoms in total. The molecule has 0 radical (unpaired) electrons. The van der Waals surface area contributed by atoms with Gasteiger partial charge in [-0.1, -0.05) is 35.6 Å². The molecule has 3 aromatic rings. The van der Waals surface area contributed by atoms with Gasteiger partial charge in [0.15, 0.2) is 4.80 Å². The minimum Gasteiger partial charge on any atom is -0.496 e. The Kier molecular flexibility index (Phi) is 5.21. The van der Waals surface area contributed by atoms with Crippen LogP contribution in [0.1, 0.15) is 23.4 Å². The number of aromatic nitrogens is 1. The van der Waals surface area contributed by atoms with Crippen molar-refractivity contribution in [2.75, 3.05) is 14.2 Å². The number of para-hydroxylation sites is 1. The number of esters is 1. The van der Waals surface area contributed by atoms with Crippen LogP contribution in [0.2, 0.25) is 0 Å². The second-order valence-electron chi connectivity index (χ2n) is 6.33. The Morgan fingerprint density at radius 1 is 1.21 bits per heavy atom. The van der Waals surface area contributed by atoms with Crippen molar-refractivity contribution in [3.8, 4) is 5.75 Å². The van der Waals surface area contributed by atoms with Gasteiger partial charge in [-0.05, 0) is 30.5 Å². The van der Waals surface area contributed by atoms with Crippen LogP contribution in [0.5, 0.6) is 5.75 Å². The number of benzene rings is 1. The van der Waals surface area contributed by atoms with E-state index in [0.29, 0.717) is 26.4 Å². The number of methoxy groups -OCH3 is 2. The molecule has 4 rings (SSSR count). The Morgan fingerprint density at radius 2 is 2.00 bits per heavy atom. The summed E-state index contributed by atoms with van der Waals surface area (Å²) in [6, 6.07) is 10.7. The number of carbonyl (C=O) groups is 1. The molecular formula is C21H18N2O4S2. The molecule has 2 aromatic heterocycles. The molecule has 29 heavy (non-hydrogen) atoms. The molecule has 0 amide bonds. The normalized spacial score (nSPS) is 16.4. The molecule has 0 aliphatic carbocycles. The maximum atomic E-state index is 13.4. The molecule has 0 unspecified atom stereocenters. The lowest BCUT2D eigenvalue weighted by atomic mass is 10.0. The molecule has 1 aliphatic heterocycles. The molecule has 0 fully saturated rings. The van der Waals surface area contributed by atoms with E-state index in [9.17, 15) is 9.59 Å². The Morgan fingerprint density at radius 3 is 2.69 bits per heavy atom. The highest BCUT2D eigenvalue weighted by molar-refractivity contribution is 7.10. The van der Waals surface area contributed by atoms with Crippen LogP contribution >= 0.6 is 22.7 Å². The first kappa shape index (κ1) is 19.4. The summed E-state index contributed by atoms with van der Waals surface area (Å²) in [6.07, 6.45) is 1.80. The van der Waals surface area contributed by atoms with Crippen LogP contribution in [-0.4, -0.2) is 24.8 Å². The van der Waals surface area contributed by atoms with Crippen LogP contribution in [0, 0.1) is 0 Å². The zero-order valence-electron chi connectivity index (χ0n) is 16.0. The van der Waals surface area contributed by atoms with E-state index in [0.717, 1.165) is 10.4 Å². The van der Waals surface area contributed by atoms with Gasteiger partial charge in [0.2, 0.25) is 0 Å². The quantitative estimate of drug-likeness (QED) is 0.601. The molecule has 0 bridgehead atoms. The van der Waals surface area contributed by atoms with Gasteiger partial charge >= 0.3 is 5.97 Å². The fourth-order valence-electron chi connectivity index (χ4n) is 3.34. The SMILES string of the molecule is COC(=O)C1=C(C)N=c2s/c(=C/c3ccccc3OC)c(=O)n2[C@@H]1c1cccs1. The van der Waals surface area contributed by atoms with Gasteiger partial charge in [0.25, 0.3) is 5.56 Å². The zero-order chi connectivity index (χ0) is 20.5. The fraction of sp³-hybridized carbons (Fsp3) is 0.190. The number of allylic oxidation sites excluding steroid dienone is 1. The first-order chi connectivity index (χ1) is 14.0. The van der Waals surface area contributed by atoms with E-state index in [2.05, 4.69) is 4.99 Å². The lowest BCUT2D eigenvalue weighted by Crippen LogP contribution is -2.39. The van der Waals surface area contributed by atoms with Crippen LogP contribution in [0.3, 0.4) is 0 Å². The highest BCUT2D eigenvalue weighted by atomic mass is 32.1. The summed E-state index contributed by atoms with van der Waals surface area (Å²) in [5.41, 5.74) is 1.54. The topological polar surface area (TPSA) is 69.9 Å². The first-order valence-corrected chi connectivity index (χ1v) is 10.5. The minimum absolute atomic E-state index is 0.202. The van der Waals surface area contributed by atoms with Gasteiger partial charge in [-0.15, -0.1) is 11.3 Å². The van der Waals surface area contributed by atoms with E-state index in [-0.39, 0.29) is 5.56 Å². The smallest absolute Gasteiger partial charge is 0.338 e. The molecule has 1 aromatic carbocycles. The fourth-order valence-corrected chi connectivity index (χ4v) is 5.20. The van der Waals surface area contributed by atoms with Gasteiger partial charge in [-0.2, -0.15) is 0 Å². The highest BCUT2D eigenvalue weighted by Crippen LogP contribution is 2.33. The molecule has 1 aliphatic rings. The maximum Gasteiger partial charge on any atom is 0.338 e. The molecule has 0 saturated carbocycles. The van der Waals surface area contributed by atoms with Crippen molar-refractivity contribution >= 4 is 34.7 Å². The molecule has 0 spiro atoms. The molecule has 1 atom stereocenters. The van der Waals surface area contributed by atoms with Crippen molar-refractivity contribution in [1.82, 2.24) is 4.57 Å². The van der Waals surface area contributed by atoms with Crippen molar-refractivity contribution in [3.63, 3.8) is 0 Å². The van der Waals surface area contributed by atoms with Gasteiger partial charge in [-0.3, -0.25) is 9.36 Å². The lowest BCUT2D eigenvalue weighted by Gasteiger charge is -2.22. The molecule has 148 valence electrons. The van der Waals surface area contributed by atoms with Crippen molar-refractivity contribution in [2.24, 2.45) is 4.99 Å². The van der Waals surface area contributed by atoms with Crippen LogP contribution in [-0.2, 0) is 9.53 Å². The summed E-state index contributed by atoms with van der Waals surface area (Å²) in [7, 11) is 2.93. The summed E-state index contributed by atoms with van der Waals surface area (Å²) in [4.78, 5) is 31.8. The molecule has 3 heterocycles. The van der Waals surface area contributed by atoms with Gasteiger partial charge in [0, 0.05) is 10.4 Å². The number of thiazole rings is 1. The molecule has 0 N–H and O–H groups in total. The average molecular weight is 427 g/mol. The van der Waals surface area contributed by atoms with Crippen molar-refractivity contribution in [3.05, 3.63) is 83.2 Å². The summed E-state index contributed by atoms with van der Waals surface area (Å²) in [6.45, 7) is 1.77. The summed E-state index contributed by atoms with van der Waals surface area (Å²) >= 11 is 2.78.